The van der Waals surface area contributed by atoms with Gasteiger partial charge in [0.1, 0.15) is 11.5 Å². The Morgan fingerprint density at radius 1 is 0.857 bits per heavy atom. The Morgan fingerprint density at radius 3 is 2.14 bits per heavy atom. The minimum atomic E-state index is 0.225. The number of hydrogen-bond acceptors (Lipinski definition) is 2. The molecule has 1 atom stereocenters. The van der Waals surface area contributed by atoms with E-state index in [2.05, 4.69) is 53.9 Å². The normalized spacial score (nSPS) is 20.5. The molecule has 1 aliphatic heterocycles. The topological polar surface area (TPSA) is 21.3 Å². The quantitative estimate of drug-likeness (QED) is 0.811. The van der Waals surface area contributed by atoms with E-state index in [1.165, 1.54) is 24.0 Å². The summed E-state index contributed by atoms with van der Waals surface area (Å²) in [7, 11) is 0. The number of hydrogen-bond donors (Lipinski definition) is 1. The summed E-state index contributed by atoms with van der Waals surface area (Å²) in [6, 6.07) is 17.5. The second kappa shape index (κ2) is 5.38. The minimum Gasteiger partial charge on any atom is -0.457 e. The summed E-state index contributed by atoms with van der Waals surface area (Å²) in [6.45, 7) is 0. The Bertz CT molecular complexity index is 631. The zero-order chi connectivity index (χ0) is 14.1. The van der Waals surface area contributed by atoms with Crippen LogP contribution >= 0.6 is 0 Å². The van der Waals surface area contributed by atoms with Gasteiger partial charge in [0.2, 0.25) is 0 Å². The lowest BCUT2D eigenvalue weighted by molar-refractivity contribution is 0.390. The van der Waals surface area contributed by atoms with Gasteiger partial charge in [0.15, 0.2) is 0 Å². The van der Waals surface area contributed by atoms with E-state index in [0.717, 1.165) is 17.9 Å². The van der Waals surface area contributed by atoms with Crippen LogP contribution < -0.4 is 10.1 Å². The molecule has 1 unspecified atom stereocenters. The summed E-state index contributed by atoms with van der Waals surface area (Å²) in [4.78, 5) is 0. The van der Waals surface area contributed by atoms with Gasteiger partial charge in [-0.2, -0.15) is 0 Å². The molecule has 1 N–H and O–H groups in total. The third-order valence-corrected chi connectivity index (χ3v) is 4.35. The first kappa shape index (κ1) is 12.7. The number of rotatable bonds is 2. The molecule has 106 valence electrons. The predicted octanol–water partition coefficient (Wildman–Crippen LogP) is 4.58. The second-order valence-corrected chi connectivity index (χ2v) is 5.76. The Labute approximate surface area is 125 Å². The van der Waals surface area contributed by atoms with Crippen LogP contribution in [0.2, 0.25) is 0 Å². The molecule has 0 aromatic heterocycles. The largest absolute Gasteiger partial charge is 0.457 e. The first-order chi connectivity index (χ1) is 10.4. The lowest BCUT2D eigenvalue weighted by Gasteiger charge is -2.32. The predicted molar refractivity (Wildman–Crippen MR) is 84.7 cm³/mol. The van der Waals surface area contributed by atoms with Crippen LogP contribution in [0.1, 0.15) is 36.4 Å². The van der Waals surface area contributed by atoms with E-state index in [1.54, 1.807) is 0 Å². The summed E-state index contributed by atoms with van der Waals surface area (Å²) in [5.74, 6) is 1.94. The molecule has 0 saturated heterocycles. The van der Waals surface area contributed by atoms with E-state index >= 15 is 0 Å². The zero-order valence-electron chi connectivity index (χ0n) is 12.0. The van der Waals surface area contributed by atoms with Crippen molar-refractivity contribution < 1.29 is 4.74 Å². The average Bonchev–Trinajstić information content (AvgIpc) is 2.55. The fourth-order valence-electron chi connectivity index (χ4n) is 3.27. The Balaban J connectivity index is 1.72. The molecule has 2 heteroatoms. The fraction of sp³-hybridized carbons (Fsp3) is 0.263. The molecule has 21 heavy (non-hydrogen) atoms. The standard InChI is InChI=1S/C19H19NO/c1-2-8-14(9-3-1)20-19-15-10-4-6-12-17(15)21-18-13-7-5-11-16(18)19/h1-2,4-7,10-14,19-20H,3,8-9H2. The third-order valence-electron chi connectivity index (χ3n) is 4.35. The maximum Gasteiger partial charge on any atom is 0.132 e. The van der Waals surface area contributed by atoms with Gasteiger partial charge < -0.3 is 10.1 Å². The highest BCUT2D eigenvalue weighted by Gasteiger charge is 2.28. The van der Waals surface area contributed by atoms with E-state index in [4.69, 9.17) is 4.74 Å². The van der Waals surface area contributed by atoms with Crippen molar-refractivity contribution in [1.29, 1.82) is 0 Å². The molecule has 0 saturated carbocycles. The van der Waals surface area contributed by atoms with Crippen LogP contribution in [0.4, 0.5) is 0 Å². The zero-order valence-corrected chi connectivity index (χ0v) is 12.0. The molecule has 1 aliphatic carbocycles. The summed E-state index contributed by atoms with van der Waals surface area (Å²) < 4.78 is 6.04. The maximum absolute atomic E-state index is 6.04. The van der Waals surface area contributed by atoms with E-state index in [1.807, 2.05) is 12.1 Å². The number of benzene rings is 2. The Kier molecular flexibility index (Phi) is 3.24. The maximum atomic E-state index is 6.04. The van der Waals surface area contributed by atoms with Gasteiger partial charge in [-0.25, -0.2) is 0 Å². The Morgan fingerprint density at radius 2 is 1.52 bits per heavy atom. The molecular formula is C19H19NO. The van der Waals surface area contributed by atoms with Crippen LogP contribution in [0.3, 0.4) is 0 Å². The molecule has 4 rings (SSSR count). The smallest absolute Gasteiger partial charge is 0.132 e. The van der Waals surface area contributed by atoms with Crippen molar-refractivity contribution in [1.82, 2.24) is 5.32 Å². The van der Waals surface area contributed by atoms with Crippen molar-refractivity contribution in [2.45, 2.75) is 31.3 Å². The van der Waals surface area contributed by atoms with Crippen LogP contribution in [-0.4, -0.2) is 6.04 Å². The van der Waals surface area contributed by atoms with Gasteiger partial charge in [-0.1, -0.05) is 48.6 Å². The molecule has 1 heterocycles. The summed E-state index contributed by atoms with van der Waals surface area (Å²) in [5.41, 5.74) is 2.48. The highest BCUT2D eigenvalue weighted by atomic mass is 16.5. The molecule has 0 amide bonds. The monoisotopic (exact) mass is 277 g/mol. The summed E-state index contributed by atoms with van der Waals surface area (Å²) >= 11 is 0. The highest BCUT2D eigenvalue weighted by molar-refractivity contribution is 5.52. The van der Waals surface area contributed by atoms with Crippen LogP contribution in [0.5, 0.6) is 11.5 Å². The summed E-state index contributed by atoms with van der Waals surface area (Å²) in [6.07, 6.45) is 8.06. The lowest BCUT2D eigenvalue weighted by Crippen LogP contribution is -2.35. The number of nitrogens with one attached hydrogen (secondary N) is 1. The number of ether oxygens (including phenoxy) is 1. The fourth-order valence-corrected chi connectivity index (χ4v) is 3.27. The van der Waals surface area contributed by atoms with Gasteiger partial charge in [-0.05, 0) is 31.4 Å². The van der Waals surface area contributed by atoms with Crippen molar-refractivity contribution in [2.24, 2.45) is 0 Å². The van der Waals surface area contributed by atoms with Crippen LogP contribution in [-0.2, 0) is 0 Å². The average molecular weight is 277 g/mol. The van der Waals surface area contributed by atoms with Gasteiger partial charge in [0.05, 0.1) is 6.04 Å². The van der Waals surface area contributed by atoms with Crippen molar-refractivity contribution in [3.8, 4) is 11.5 Å². The minimum absolute atomic E-state index is 0.225. The SMILES string of the molecule is C1=CCC(NC2c3ccccc3Oc3ccccc32)CC1. The van der Waals surface area contributed by atoms with Crippen molar-refractivity contribution in [3.63, 3.8) is 0 Å². The Hall–Kier alpha value is -2.06. The van der Waals surface area contributed by atoms with Crippen LogP contribution in [0, 0.1) is 0 Å². The second-order valence-electron chi connectivity index (χ2n) is 5.76. The number of allylic oxidation sites excluding steroid dienone is 1. The molecule has 2 aliphatic rings. The van der Waals surface area contributed by atoms with Gasteiger partial charge in [0.25, 0.3) is 0 Å². The molecule has 0 bridgehead atoms. The van der Waals surface area contributed by atoms with Crippen molar-refractivity contribution >= 4 is 0 Å². The molecule has 0 fully saturated rings. The first-order valence-corrected chi connectivity index (χ1v) is 7.68. The number of para-hydroxylation sites is 2. The lowest BCUT2D eigenvalue weighted by atomic mass is 9.92. The molecule has 2 nitrogen and oxygen atoms in total. The molecular weight excluding hydrogens is 258 g/mol. The van der Waals surface area contributed by atoms with Crippen LogP contribution in [0.15, 0.2) is 60.7 Å². The van der Waals surface area contributed by atoms with Crippen molar-refractivity contribution in [3.05, 3.63) is 71.8 Å². The highest BCUT2D eigenvalue weighted by Crippen LogP contribution is 2.42. The van der Waals surface area contributed by atoms with E-state index in [0.29, 0.717) is 6.04 Å². The van der Waals surface area contributed by atoms with Gasteiger partial charge in [-0.3, -0.25) is 0 Å². The van der Waals surface area contributed by atoms with Gasteiger partial charge in [-0.15, -0.1) is 0 Å². The summed E-state index contributed by atoms with van der Waals surface area (Å²) in [5, 5.41) is 3.84. The van der Waals surface area contributed by atoms with Crippen LogP contribution in [0.25, 0.3) is 0 Å². The van der Waals surface area contributed by atoms with E-state index in [9.17, 15) is 0 Å². The van der Waals surface area contributed by atoms with Gasteiger partial charge in [0, 0.05) is 17.2 Å². The molecule has 0 radical (unpaired) electrons. The third kappa shape index (κ3) is 2.36. The molecule has 2 aromatic rings. The van der Waals surface area contributed by atoms with E-state index < -0.39 is 0 Å². The molecule has 2 aromatic carbocycles. The molecule has 0 spiro atoms. The van der Waals surface area contributed by atoms with E-state index in [-0.39, 0.29) is 6.04 Å². The number of fused-ring (bicyclic) bond motifs is 2. The van der Waals surface area contributed by atoms with Gasteiger partial charge >= 0.3 is 0 Å². The van der Waals surface area contributed by atoms with Crippen molar-refractivity contribution in [2.75, 3.05) is 0 Å². The first-order valence-electron chi connectivity index (χ1n) is 7.68.